The number of rotatable bonds is 6. The van der Waals surface area contributed by atoms with E-state index in [0.29, 0.717) is 28.5 Å². The monoisotopic (exact) mass is 332 g/mol. The lowest BCUT2D eigenvalue weighted by Crippen LogP contribution is -2.30. The van der Waals surface area contributed by atoms with Crippen molar-refractivity contribution < 1.29 is 13.9 Å². The van der Waals surface area contributed by atoms with Gasteiger partial charge in [-0.25, -0.2) is 14.4 Å². The molecular weight excluding hydrogens is 315 g/mol. The lowest BCUT2D eigenvalue weighted by atomic mass is 10.3. The lowest BCUT2D eigenvalue weighted by Gasteiger charge is -2.10. The molecule has 0 saturated heterocycles. The fraction of sp³-hybridized carbons (Fsp3) is 0.333. The van der Waals surface area contributed by atoms with Gasteiger partial charge in [-0.05, 0) is 32.0 Å². The summed E-state index contributed by atoms with van der Waals surface area (Å²) in [4.78, 5) is 23.2. The number of aromatic amines is 2. The number of halogens is 1. The number of fused-ring (bicyclic) bond motifs is 1. The van der Waals surface area contributed by atoms with Gasteiger partial charge in [0.25, 0.3) is 0 Å². The van der Waals surface area contributed by atoms with Crippen LogP contribution in [0.15, 0.2) is 18.2 Å². The van der Waals surface area contributed by atoms with Crippen molar-refractivity contribution in [2.75, 3.05) is 6.61 Å². The zero-order valence-electron chi connectivity index (χ0n) is 13.3. The molecule has 1 aromatic carbocycles. The molecule has 0 radical (unpaired) electrons. The van der Waals surface area contributed by atoms with Crippen LogP contribution >= 0.6 is 0 Å². The van der Waals surface area contributed by atoms with Crippen LogP contribution in [-0.2, 0) is 16.1 Å². The summed E-state index contributed by atoms with van der Waals surface area (Å²) in [5.41, 5.74) is 1.24. The Hall–Kier alpha value is -2.81. The molecule has 1 amide bonds. The third-order valence-electron chi connectivity index (χ3n) is 3.34. The van der Waals surface area contributed by atoms with E-state index in [1.54, 1.807) is 19.9 Å². The number of H-pyrrole nitrogens is 2. The fourth-order valence-electron chi connectivity index (χ4n) is 2.24. The van der Waals surface area contributed by atoms with Crippen molar-refractivity contribution in [2.24, 2.45) is 0 Å². The second-order valence-corrected chi connectivity index (χ2v) is 5.41. The Labute approximate surface area is 136 Å². The Morgan fingerprint density at radius 3 is 3.00 bits per heavy atom. The number of ether oxygens (including phenoxy) is 1. The van der Waals surface area contributed by atoms with Crippen molar-refractivity contribution in [1.29, 1.82) is 0 Å². The zero-order valence-corrected chi connectivity index (χ0v) is 13.3. The van der Waals surface area contributed by atoms with Crippen LogP contribution in [-0.4, -0.2) is 37.7 Å². The van der Waals surface area contributed by atoms with Gasteiger partial charge in [-0.15, -0.1) is 0 Å². The van der Waals surface area contributed by atoms with Gasteiger partial charge in [0.15, 0.2) is 5.82 Å². The molecule has 0 aliphatic carbocycles. The Morgan fingerprint density at radius 1 is 1.42 bits per heavy atom. The second-order valence-electron chi connectivity index (χ2n) is 5.41. The van der Waals surface area contributed by atoms with E-state index in [4.69, 9.17) is 4.74 Å². The molecule has 3 aromatic rings. The number of carbonyl (C=O) groups is 1. The number of carbonyl (C=O) groups excluding carboxylic acids is 1. The van der Waals surface area contributed by atoms with Crippen LogP contribution in [0.5, 0.6) is 0 Å². The van der Waals surface area contributed by atoms with Crippen LogP contribution in [0, 0.1) is 12.7 Å². The number of nitrogens with zero attached hydrogens (tertiary/aromatic N) is 3. The number of aryl methyl sites for hydroxylation is 1. The molecule has 1 atom stereocenters. The van der Waals surface area contributed by atoms with Gasteiger partial charge in [-0.3, -0.25) is 9.89 Å². The molecule has 126 valence electrons. The predicted octanol–water partition coefficient (Wildman–Crippen LogP) is 1.52. The normalized spacial score (nSPS) is 12.5. The number of benzene rings is 1. The minimum Gasteiger partial charge on any atom is -0.364 e. The number of hydrogen-bond donors (Lipinski definition) is 3. The highest BCUT2D eigenvalue weighted by atomic mass is 19.1. The van der Waals surface area contributed by atoms with Gasteiger partial charge in [0.05, 0.1) is 17.1 Å². The highest BCUT2D eigenvalue weighted by Gasteiger charge is 2.14. The van der Waals surface area contributed by atoms with E-state index in [0.717, 1.165) is 0 Å². The van der Waals surface area contributed by atoms with Crippen molar-refractivity contribution >= 4 is 16.9 Å². The number of nitrogens with one attached hydrogen (secondary N) is 3. The molecule has 2 heterocycles. The highest BCUT2D eigenvalue weighted by Crippen LogP contribution is 2.13. The summed E-state index contributed by atoms with van der Waals surface area (Å²) in [7, 11) is 0. The number of amides is 1. The van der Waals surface area contributed by atoms with E-state index in [9.17, 15) is 9.18 Å². The molecule has 0 spiro atoms. The summed E-state index contributed by atoms with van der Waals surface area (Å²) in [6, 6.07) is 3.96. The average Bonchev–Trinajstić information content (AvgIpc) is 3.12. The maximum absolute atomic E-state index is 13.1. The van der Waals surface area contributed by atoms with Crippen molar-refractivity contribution in [3.8, 4) is 0 Å². The van der Waals surface area contributed by atoms with Crippen LogP contribution in [0.4, 0.5) is 4.39 Å². The van der Waals surface area contributed by atoms with Gasteiger partial charge in [0.1, 0.15) is 30.7 Å². The van der Waals surface area contributed by atoms with Crippen LogP contribution in [0.3, 0.4) is 0 Å². The predicted molar refractivity (Wildman–Crippen MR) is 83.4 cm³/mol. The molecular formula is C15H17FN6O2. The van der Waals surface area contributed by atoms with Gasteiger partial charge in [-0.2, -0.15) is 5.10 Å². The number of hydrogen-bond acceptors (Lipinski definition) is 5. The van der Waals surface area contributed by atoms with Crippen LogP contribution in [0.1, 0.15) is 30.4 Å². The van der Waals surface area contributed by atoms with E-state index < -0.39 is 0 Å². The largest absolute Gasteiger partial charge is 0.364 e. The minimum absolute atomic E-state index is 0.123. The molecule has 9 heteroatoms. The molecule has 0 aliphatic heterocycles. The number of imidazole rings is 1. The third kappa shape index (κ3) is 3.74. The van der Waals surface area contributed by atoms with Gasteiger partial charge >= 0.3 is 0 Å². The third-order valence-corrected chi connectivity index (χ3v) is 3.34. The fourth-order valence-corrected chi connectivity index (χ4v) is 2.24. The van der Waals surface area contributed by atoms with Crippen molar-refractivity contribution in [3.05, 3.63) is 41.5 Å². The van der Waals surface area contributed by atoms with E-state index in [-0.39, 0.29) is 31.0 Å². The molecule has 0 bridgehead atoms. The Balaban J connectivity index is 1.49. The Kier molecular flexibility index (Phi) is 4.52. The SMILES string of the molecule is Cc1nc([C@H](C)NC(=O)COCc2nc3ccc(F)cc3[nH]2)n[nH]1. The quantitative estimate of drug-likeness (QED) is 0.634. The summed E-state index contributed by atoms with van der Waals surface area (Å²) in [6.45, 7) is 3.57. The molecule has 0 fully saturated rings. The van der Waals surface area contributed by atoms with Crippen molar-refractivity contribution in [1.82, 2.24) is 30.5 Å². The zero-order chi connectivity index (χ0) is 17.1. The maximum Gasteiger partial charge on any atom is 0.246 e. The van der Waals surface area contributed by atoms with Crippen LogP contribution in [0.2, 0.25) is 0 Å². The first-order chi connectivity index (χ1) is 11.5. The van der Waals surface area contributed by atoms with Crippen LogP contribution < -0.4 is 5.32 Å². The average molecular weight is 332 g/mol. The summed E-state index contributed by atoms with van der Waals surface area (Å²) in [6.07, 6.45) is 0. The summed E-state index contributed by atoms with van der Waals surface area (Å²) < 4.78 is 18.5. The molecule has 3 N–H and O–H groups in total. The number of aromatic nitrogens is 5. The molecule has 3 rings (SSSR count). The van der Waals surface area contributed by atoms with Crippen molar-refractivity contribution in [2.45, 2.75) is 26.5 Å². The van der Waals surface area contributed by atoms with E-state index >= 15 is 0 Å². The standard InChI is InChI=1S/C15H17FN6O2/c1-8(15-18-9(2)21-22-15)17-14(23)7-24-6-13-19-11-4-3-10(16)5-12(11)20-13/h3-5,8H,6-7H2,1-2H3,(H,17,23)(H,19,20)(H,18,21,22)/t8-/m0/s1. The Bertz CT molecular complexity index is 859. The smallest absolute Gasteiger partial charge is 0.246 e. The molecule has 0 unspecified atom stereocenters. The second kappa shape index (κ2) is 6.75. The molecule has 2 aromatic heterocycles. The van der Waals surface area contributed by atoms with Gasteiger partial charge in [0.2, 0.25) is 5.91 Å². The minimum atomic E-state index is -0.339. The summed E-state index contributed by atoms with van der Waals surface area (Å²) in [5.74, 6) is 1.10. The summed E-state index contributed by atoms with van der Waals surface area (Å²) >= 11 is 0. The Morgan fingerprint density at radius 2 is 2.25 bits per heavy atom. The van der Waals surface area contributed by atoms with Gasteiger partial charge in [0, 0.05) is 0 Å². The lowest BCUT2D eigenvalue weighted by molar-refractivity contribution is -0.126. The molecule has 24 heavy (non-hydrogen) atoms. The molecule has 8 nitrogen and oxygen atoms in total. The van der Waals surface area contributed by atoms with Gasteiger partial charge in [-0.1, -0.05) is 0 Å². The van der Waals surface area contributed by atoms with Crippen molar-refractivity contribution in [3.63, 3.8) is 0 Å². The topological polar surface area (TPSA) is 109 Å². The molecule has 0 saturated carbocycles. The first-order valence-corrected chi connectivity index (χ1v) is 7.41. The highest BCUT2D eigenvalue weighted by molar-refractivity contribution is 5.77. The first-order valence-electron chi connectivity index (χ1n) is 7.41. The van der Waals surface area contributed by atoms with E-state index in [1.807, 2.05) is 0 Å². The molecule has 0 aliphatic rings. The van der Waals surface area contributed by atoms with Gasteiger partial charge < -0.3 is 15.0 Å². The van der Waals surface area contributed by atoms with Crippen LogP contribution in [0.25, 0.3) is 11.0 Å². The maximum atomic E-state index is 13.1. The van der Waals surface area contributed by atoms with E-state index in [2.05, 4.69) is 30.5 Å². The first kappa shape index (κ1) is 16.1. The van der Waals surface area contributed by atoms with E-state index in [1.165, 1.54) is 12.1 Å². The summed E-state index contributed by atoms with van der Waals surface area (Å²) in [5, 5.41) is 9.45.